The van der Waals surface area contributed by atoms with E-state index < -0.39 is 0 Å². The van der Waals surface area contributed by atoms with E-state index in [9.17, 15) is 0 Å². The van der Waals surface area contributed by atoms with Gasteiger partial charge in [-0.05, 0) is 42.2 Å². The Balaban J connectivity index is 1.79. The van der Waals surface area contributed by atoms with Gasteiger partial charge in [-0.3, -0.25) is 0 Å². The maximum absolute atomic E-state index is 4.87. The van der Waals surface area contributed by atoms with Crippen LogP contribution in [-0.2, 0) is 6.42 Å². The van der Waals surface area contributed by atoms with E-state index in [4.69, 9.17) is 10.1 Å². The summed E-state index contributed by atoms with van der Waals surface area (Å²) >= 11 is 0. The molecule has 0 saturated carbocycles. The van der Waals surface area contributed by atoms with E-state index >= 15 is 0 Å². The van der Waals surface area contributed by atoms with Crippen molar-refractivity contribution in [2.75, 3.05) is 0 Å². The van der Waals surface area contributed by atoms with E-state index in [0.29, 0.717) is 0 Å². The smallest absolute Gasteiger partial charge is 0.181 e. The Kier molecular flexibility index (Phi) is 4.84. The third kappa shape index (κ3) is 3.54. The van der Waals surface area contributed by atoms with E-state index in [1.54, 1.807) is 0 Å². The fourth-order valence-electron chi connectivity index (χ4n) is 3.31. The molecule has 3 nitrogen and oxygen atoms in total. The predicted octanol–water partition coefficient (Wildman–Crippen LogP) is 5.86. The zero-order valence-corrected chi connectivity index (χ0v) is 15.8. The monoisotopic (exact) mass is 353 g/mol. The fourth-order valence-corrected chi connectivity index (χ4v) is 3.31. The molecule has 0 aliphatic heterocycles. The minimum absolute atomic E-state index is 0.777. The van der Waals surface area contributed by atoms with Crippen molar-refractivity contribution in [3.63, 3.8) is 0 Å². The summed E-state index contributed by atoms with van der Waals surface area (Å²) in [4.78, 5) is 4.87. The van der Waals surface area contributed by atoms with Crippen LogP contribution in [0.4, 0.5) is 0 Å². The van der Waals surface area contributed by atoms with E-state index in [1.807, 2.05) is 10.7 Å². The number of para-hydroxylation sites is 1. The Hall–Kier alpha value is -3.20. The van der Waals surface area contributed by atoms with Crippen molar-refractivity contribution in [2.24, 2.45) is 0 Å². The number of hydrogen-bond acceptors (Lipinski definition) is 2. The highest BCUT2D eigenvalue weighted by molar-refractivity contribution is 5.70. The quantitative estimate of drug-likeness (QED) is 0.450. The van der Waals surface area contributed by atoms with Gasteiger partial charge in [-0.25, -0.2) is 9.67 Å². The zero-order valence-electron chi connectivity index (χ0n) is 15.8. The molecule has 0 N–H and O–H groups in total. The normalized spacial score (nSPS) is 10.9. The van der Waals surface area contributed by atoms with Gasteiger partial charge in [0.2, 0.25) is 0 Å². The van der Waals surface area contributed by atoms with E-state index in [0.717, 1.165) is 35.7 Å². The van der Waals surface area contributed by atoms with Crippen LogP contribution in [0.3, 0.4) is 0 Å². The third-order valence-corrected chi connectivity index (χ3v) is 4.72. The average molecular weight is 353 g/mol. The molecular weight excluding hydrogens is 330 g/mol. The summed E-state index contributed by atoms with van der Waals surface area (Å²) < 4.78 is 2.00. The van der Waals surface area contributed by atoms with Gasteiger partial charge in [-0.1, -0.05) is 73.7 Å². The molecule has 0 bridgehead atoms. The van der Waals surface area contributed by atoms with Crippen molar-refractivity contribution >= 4 is 0 Å². The van der Waals surface area contributed by atoms with Gasteiger partial charge in [0.25, 0.3) is 0 Å². The number of nitrogens with zero attached hydrogens (tertiary/aromatic N) is 3. The Morgan fingerprint density at radius 2 is 1.48 bits per heavy atom. The zero-order chi connectivity index (χ0) is 18.6. The maximum atomic E-state index is 4.87. The first-order valence-corrected chi connectivity index (χ1v) is 9.44. The largest absolute Gasteiger partial charge is 0.217 e. The topological polar surface area (TPSA) is 30.7 Å². The van der Waals surface area contributed by atoms with Crippen LogP contribution in [0.5, 0.6) is 0 Å². The van der Waals surface area contributed by atoms with Crippen molar-refractivity contribution in [3.8, 4) is 28.2 Å². The average Bonchev–Trinajstić information content (AvgIpc) is 3.13. The number of benzene rings is 3. The number of aryl methyl sites for hydroxylation is 2. The first-order valence-electron chi connectivity index (χ1n) is 9.44. The molecule has 0 amide bonds. The van der Waals surface area contributed by atoms with Gasteiger partial charge in [0, 0.05) is 12.0 Å². The van der Waals surface area contributed by atoms with Crippen LogP contribution in [0.15, 0.2) is 78.9 Å². The Morgan fingerprint density at radius 3 is 2.26 bits per heavy atom. The lowest BCUT2D eigenvalue weighted by Crippen LogP contribution is -2.04. The molecule has 0 unspecified atom stereocenters. The molecule has 1 aromatic heterocycles. The van der Waals surface area contributed by atoms with Crippen LogP contribution in [-0.4, -0.2) is 14.8 Å². The molecule has 0 saturated heterocycles. The summed E-state index contributed by atoms with van der Waals surface area (Å²) in [5.74, 6) is 1.78. The summed E-state index contributed by atoms with van der Waals surface area (Å²) in [5, 5.41) is 4.87. The van der Waals surface area contributed by atoms with Gasteiger partial charge in [0.05, 0.1) is 5.69 Å². The lowest BCUT2D eigenvalue weighted by molar-refractivity contribution is 0.756. The lowest BCUT2D eigenvalue weighted by Gasteiger charge is -2.07. The highest BCUT2D eigenvalue weighted by Gasteiger charge is 2.14. The fraction of sp³-hybridized carbons (Fsp3) is 0.167. The van der Waals surface area contributed by atoms with Gasteiger partial charge in [-0.2, -0.15) is 0 Å². The van der Waals surface area contributed by atoms with Crippen LogP contribution < -0.4 is 0 Å². The molecular formula is C24H23N3. The van der Waals surface area contributed by atoms with Crippen molar-refractivity contribution in [1.29, 1.82) is 0 Å². The Bertz CT molecular complexity index is 1050. The molecule has 1 heterocycles. The second-order valence-electron chi connectivity index (χ2n) is 6.75. The van der Waals surface area contributed by atoms with Gasteiger partial charge in [0.15, 0.2) is 5.82 Å². The minimum atomic E-state index is 0.777. The number of aromatic nitrogens is 3. The van der Waals surface area contributed by atoms with Crippen molar-refractivity contribution in [3.05, 3.63) is 90.3 Å². The molecule has 3 heteroatoms. The van der Waals surface area contributed by atoms with Crippen molar-refractivity contribution in [1.82, 2.24) is 14.8 Å². The van der Waals surface area contributed by atoms with Crippen LogP contribution in [0.2, 0.25) is 0 Å². The third-order valence-electron chi connectivity index (χ3n) is 4.72. The minimum Gasteiger partial charge on any atom is -0.217 e. The predicted molar refractivity (Wildman–Crippen MR) is 111 cm³/mol. The highest BCUT2D eigenvalue weighted by atomic mass is 15.4. The maximum Gasteiger partial charge on any atom is 0.181 e. The molecule has 0 aliphatic rings. The van der Waals surface area contributed by atoms with Crippen LogP contribution in [0, 0.1) is 6.92 Å². The second kappa shape index (κ2) is 7.58. The molecule has 0 atom stereocenters. The highest BCUT2D eigenvalue weighted by Crippen LogP contribution is 2.26. The molecule has 0 spiro atoms. The van der Waals surface area contributed by atoms with Crippen LogP contribution >= 0.6 is 0 Å². The molecule has 134 valence electrons. The first-order chi connectivity index (χ1) is 13.3. The van der Waals surface area contributed by atoms with E-state index in [2.05, 4.69) is 86.6 Å². The van der Waals surface area contributed by atoms with Gasteiger partial charge in [-0.15, -0.1) is 5.10 Å². The molecule has 4 rings (SSSR count). The van der Waals surface area contributed by atoms with E-state index in [-0.39, 0.29) is 0 Å². The van der Waals surface area contributed by atoms with Crippen molar-refractivity contribution < 1.29 is 0 Å². The standard InChI is InChI=1S/C24H23N3/c1-3-10-23-25-24(26-27(23)22-16-8-7-11-18(22)2)21-15-9-14-20(17-21)19-12-5-4-6-13-19/h4-9,11-17H,3,10H2,1-2H3. The lowest BCUT2D eigenvalue weighted by atomic mass is 10.0. The summed E-state index contributed by atoms with van der Waals surface area (Å²) in [5.41, 5.74) is 5.72. The molecule has 0 aliphatic carbocycles. The van der Waals surface area contributed by atoms with E-state index in [1.165, 1.54) is 16.7 Å². The van der Waals surface area contributed by atoms with Gasteiger partial charge in [0.1, 0.15) is 5.82 Å². The molecule has 0 fully saturated rings. The summed E-state index contributed by atoms with van der Waals surface area (Å²) in [7, 11) is 0. The second-order valence-corrected chi connectivity index (χ2v) is 6.75. The Labute approximate surface area is 160 Å². The van der Waals surface area contributed by atoms with Crippen LogP contribution in [0.1, 0.15) is 24.7 Å². The Morgan fingerprint density at radius 1 is 0.778 bits per heavy atom. The van der Waals surface area contributed by atoms with Crippen LogP contribution in [0.25, 0.3) is 28.2 Å². The summed E-state index contributed by atoms with van der Waals surface area (Å²) in [6.45, 7) is 4.29. The molecule has 4 aromatic rings. The summed E-state index contributed by atoms with van der Waals surface area (Å²) in [6, 6.07) is 27.2. The molecule has 0 radical (unpaired) electrons. The first kappa shape index (κ1) is 17.2. The van der Waals surface area contributed by atoms with Gasteiger partial charge < -0.3 is 0 Å². The summed E-state index contributed by atoms with van der Waals surface area (Å²) in [6.07, 6.45) is 1.94. The number of rotatable bonds is 5. The molecule has 3 aromatic carbocycles. The van der Waals surface area contributed by atoms with Crippen molar-refractivity contribution in [2.45, 2.75) is 26.7 Å². The SMILES string of the molecule is CCCc1nc(-c2cccc(-c3ccccc3)c2)nn1-c1ccccc1C. The molecule has 27 heavy (non-hydrogen) atoms. The van der Waals surface area contributed by atoms with Gasteiger partial charge >= 0.3 is 0 Å². The number of hydrogen-bond donors (Lipinski definition) is 0.